The summed E-state index contributed by atoms with van der Waals surface area (Å²) in [7, 11) is 0. The molecule has 5 nitrogen and oxygen atoms in total. The SMILES string of the molecule is O=C(C[NH+]1CCN(C(=O)c2ccccc2)CC1)Nc1ccc(Cl)c(Cl)c1. The van der Waals surface area contributed by atoms with Crippen molar-refractivity contribution in [1.82, 2.24) is 4.90 Å². The number of halogens is 2. The molecule has 2 aromatic rings. The Balaban J connectivity index is 1.48. The number of quaternary nitrogens is 1. The molecule has 0 radical (unpaired) electrons. The number of carbonyl (C=O) groups is 2. The summed E-state index contributed by atoms with van der Waals surface area (Å²) in [5, 5.41) is 3.69. The summed E-state index contributed by atoms with van der Waals surface area (Å²) in [4.78, 5) is 27.7. The second-order valence-corrected chi connectivity index (χ2v) is 7.08. The van der Waals surface area contributed by atoms with Crippen LogP contribution < -0.4 is 10.2 Å². The van der Waals surface area contributed by atoms with Crippen molar-refractivity contribution < 1.29 is 14.5 Å². The summed E-state index contributed by atoms with van der Waals surface area (Å²) in [6.45, 7) is 3.13. The fourth-order valence-electron chi connectivity index (χ4n) is 2.97. The Hall–Kier alpha value is -2.08. The zero-order valence-corrected chi connectivity index (χ0v) is 15.7. The number of hydrogen-bond acceptors (Lipinski definition) is 2. The fourth-order valence-corrected chi connectivity index (χ4v) is 3.27. The van der Waals surface area contributed by atoms with Gasteiger partial charge in [-0.2, -0.15) is 0 Å². The Morgan fingerprint density at radius 3 is 2.35 bits per heavy atom. The lowest BCUT2D eigenvalue weighted by Crippen LogP contribution is -3.15. The number of benzene rings is 2. The first kappa shape index (κ1) is 18.7. The number of hydrogen-bond donors (Lipinski definition) is 2. The Labute approximate surface area is 162 Å². The lowest BCUT2D eigenvalue weighted by Gasteiger charge is -2.32. The average Bonchev–Trinajstić information content (AvgIpc) is 2.65. The molecular formula is C19H20Cl2N3O2+. The molecule has 0 atom stereocenters. The zero-order valence-electron chi connectivity index (χ0n) is 14.2. The summed E-state index contributed by atoms with van der Waals surface area (Å²) < 4.78 is 0. The van der Waals surface area contributed by atoms with Gasteiger partial charge in [-0.3, -0.25) is 9.59 Å². The Morgan fingerprint density at radius 1 is 1.00 bits per heavy atom. The summed E-state index contributed by atoms with van der Waals surface area (Å²) in [6, 6.07) is 14.3. The van der Waals surface area contributed by atoms with E-state index in [0.717, 1.165) is 18.0 Å². The highest BCUT2D eigenvalue weighted by molar-refractivity contribution is 6.42. The van der Waals surface area contributed by atoms with Crippen LogP contribution in [0.25, 0.3) is 0 Å². The Bertz CT molecular complexity index is 791. The summed E-state index contributed by atoms with van der Waals surface area (Å²) in [5.74, 6) is -0.0360. The van der Waals surface area contributed by atoms with E-state index in [1.807, 2.05) is 35.2 Å². The monoisotopic (exact) mass is 392 g/mol. The van der Waals surface area contributed by atoms with Crippen molar-refractivity contribution in [3.05, 3.63) is 64.1 Å². The number of rotatable bonds is 4. The molecule has 1 aliphatic rings. The number of nitrogens with one attached hydrogen (secondary N) is 2. The van der Waals surface area contributed by atoms with Crippen molar-refractivity contribution in [2.24, 2.45) is 0 Å². The molecule has 3 rings (SSSR count). The zero-order chi connectivity index (χ0) is 18.5. The smallest absolute Gasteiger partial charge is 0.279 e. The average molecular weight is 393 g/mol. The van der Waals surface area contributed by atoms with Crippen molar-refractivity contribution in [1.29, 1.82) is 0 Å². The van der Waals surface area contributed by atoms with E-state index in [1.54, 1.807) is 18.2 Å². The molecule has 1 saturated heterocycles. The summed E-state index contributed by atoms with van der Waals surface area (Å²) >= 11 is 11.8. The van der Waals surface area contributed by atoms with Crippen LogP contribution in [0.4, 0.5) is 5.69 Å². The maximum absolute atomic E-state index is 12.4. The minimum atomic E-state index is -0.0822. The van der Waals surface area contributed by atoms with Gasteiger partial charge in [0.1, 0.15) is 0 Å². The van der Waals surface area contributed by atoms with E-state index in [0.29, 0.717) is 40.9 Å². The number of anilines is 1. The van der Waals surface area contributed by atoms with Gasteiger partial charge in [0.15, 0.2) is 6.54 Å². The van der Waals surface area contributed by atoms with Crippen molar-refractivity contribution in [2.45, 2.75) is 0 Å². The van der Waals surface area contributed by atoms with Crippen molar-refractivity contribution >= 4 is 40.7 Å². The third kappa shape index (κ3) is 4.75. The maximum Gasteiger partial charge on any atom is 0.279 e. The molecule has 1 aliphatic heterocycles. The van der Waals surface area contributed by atoms with Crippen molar-refractivity contribution in [2.75, 3.05) is 38.0 Å². The first-order chi connectivity index (χ1) is 12.5. The molecule has 0 aliphatic carbocycles. The predicted molar refractivity (Wildman–Crippen MR) is 103 cm³/mol. The molecule has 1 heterocycles. The minimum Gasteiger partial charge on any atom is -0.327 e. The van der Waals surface area contributed by atoms with Gasteiger partial charge in [0, 0.05) is 11.3 Å². The van der Waals surface area contributed by atoms with Crippen LogP contribution in [-0.4, -0.2) is 49.4 Å². The largest absolute Gasteiger partial charge is 0.327 e. The van der Waals surface area contributed by atoms with E-state index in [4.69, 9.17) is 23.2 Å². The molecule has 0 aromatic heterocycles. The Kier molecular flexibility index (Phi) is 6.14. The van der Waals surface area contributed by atoms with E-state index in [1.165, 1.54) is 0 Å². The number of carbonyl (C=O) groups excluding carboxylic acids is 2. The van der Waals surface area contributed by atoms with E-state index in [2.05, 4.69) is 5.32 Å². The number of amides is 2. The highest BCUT2D eigenvalue weighted by Crippen LogP contribution is 2.24. The number of piperazine rings is 1. The van der Waals surface area contributed by atoms with E-state index < -0.39 is 0 Å². The van der Waals surface area contributed by atoms with Gasteiger partial charge < -0.3 is 15.1 Å². The van der Waals surface area contributed by atoms with E-state index in [-0.39, 0.29) is 11.8 Å². The standard InChI is InChI=1S/C19H19Cl2N3O2/c20-16-7-6-15(12-17(16)21)22-18(25)13-23-8-10-24(11-9-23)19(26)14-4-2-1-3-5-14/h1-7,12H,8-11,13H2,(H,22,25)/p+1. The van der Waals surface area contributed by atoms with Crippen LogP contribution in [0, 0.1) is 0 Å². The lowest BCUT2D eigenvalue weighted by molar-refractivity contribution is -0.895. The quantitative estimate of drug-likeness (QED) is 0.835. The molecule has 0 unspecified atom stereocenters. The first-order valence-corrected chi connectivity index (χ1v) is 9.21. The fraction of sp³-hybridized carbons (Fsp3) is 0.263. The molecule has 2 N–H and O–H groups in total. The molecule has 136 valence electrons. The molecule has 0 saturated carbocycles. The van der Waals surface area contributed by atoms with Gasteiger partial charge in [-0.15, -0.1) is 0 Å². The molecule has 0 bridgehead atoms. The first-order valence-electron chi connectivity index (χ1n) is 8.46. The van der Waals surface area contributed by atoms with Gasteiger partial charge in [0.2, 0.25) is 0 Å². The molecular weight excluding hydrogens is 373 g/mol. The van der Waals surface area contributed by atoms with E-state index in [9.17, 15) is 9.59 Å². The highest BCUT2D eigenvalue weighted by atomic mass is 35.5. The van der Waals surface area contributed by atoms with Gasteiger partial charge in [-0.25, -0.2) is 0 Å². The second kappa shape index (κ2) is 8.54. The molecule has 1 fully saturated rings. The minimum absolute atomic E-state index is 0.0462. The van der Waals surface area contributed by atoms with Crippen LogP contribution >= 0.6 is 23.2 Å². The molecule has 2 amide bonds. The summed E-state index contributed by atoms with van der Waals surface area (Å²) in [5.41, 5.74) is 1.33. The van der Waals surface area contributed by atoms with Crippen LogP contribution in [0.5, 0.6) is 0 Å². The van der Waals surface area contributed by atoms with Gasteiger partial charge in [0.25, 0.3) is 11.8 Å². The van der Waals surface area contributed by atoms with E-state index >= 15 is 0 Å². The highest BCUT2D eigenvalue weighted by Gasteiger charge is 2.25. The molecule has 0 spiro atoms. The maximum atomic E-state index is 12.4. The van der Waals surface area contributed by atoms with Crippen molar-refractivity contribution in [3.8, 4) is 0 Å². The third-order valence-corrected chi connectivity index (χ3v) is 5.13. The van der Waals surface area contributed by atoms with Gasteiger partial charge in [-0.1, -0.05) is 41.4 Å². The van der Waals surface area contributed by atoms with Gasteiger partial charge in [-0.05, 0) is 30.3 Å². The van der Waals surface area contributed by atoms with Crippen LogP contribution in [0.3, 0.4) is 0 Å². The normalized spacial score (nSPS) is 14.9. The van der Waals surface area contributed by atoms with Crippen molar-refractivity contribution in [3.63, 3.8) is 0 Å². The Morgan fingerprint density at radius 2 is 1.69 bits per heavy atom. The molecule has 2 aromatic carbocycles. The topological polar surface area (TPSA) is 53.9 Å². The predicted octanol–water partition coefficient (Wildman–Crippen LogP) is 1.97. The van der Waals surface area contributed by atoms with Gasteiger partial charge in [0.05, 0.1) is 36.2 Å². The molecule has 26 heavy (non-hydrogen) atoms. The van der Waals surface area contributed by atoms with Crippen LogP contribution in [0.2, 0.25) is 10.0 Å². The van der Waals surface area contributed by atoms with Gasteiger partial charge >= 0.3 is 0 Å². The number of nitrogens with zero attached hydrogens (tertiary/aromatic N) is 1. The van der Waals surface area contributed by atoms with Crippen LogP contribution in [0.15, 0.2) is 48.5 Å². The van der Waals surface area contributed by atoms with Crippen LogP contribution in [0.1, 0.15) is 10.4 Å². The molecule has 7 heteroatoms. The second-order valence-electron chi connectivity index (χ2n) is 6.26. The summed E-state index contributed by atoms with van der Waals surface area (Å²) in [6.07, 6.45) is 0. The third-order valence-electron chi connectivity index (χ3n) is 4.39. The van der Waals surface area contributed by atoms with Crippen LogP contribution in [-0.2, 0) is 4.79 Å². The lowest BCUT2D eigenvalue weighted by atomic mass is 10.2.